The van der Waals surface area contributed by atoms with Gasteiger partial charge in [-0.1, -0.05) is 17.7 Å². The third-order valence-electron chi connectivity index (χ3n) is 4.77. The van der Waals surface area contributed by atoms with E-state index in [2.05, 4.69) is 0 Å². The Labute approximate surface area is 119 Å². The third-order valence-corrected chi connectivity index (χ3v) is 6.06. The highest BCUT2D eigenvalue weighted by Gasteiger charge is 2.47. The first kappa shape index (κ1) is 14.0. The van der Waals surface area contributed by atoms with Crippen LogP contribution < -0.4 is 0 Å². The molecule has 0 radical (unpaired) electrons. The number of benzene rings is 1. The molecule has 0 aromatic heterocycles. The highest BCUT2D eigenvalue weighted by atomic mass is 32.2. The number of aliphatic hydroxyl groups is 1. The maximum Gasteiger partial charge on any atom is 0.296 e. The molecule has 2 aliphatic carbocycles. The number of fused-ring (bicyclic) bond motifs is 2. The zero-order valence-corrected chi connectivity index (χ0v) is 12.3. The van der Waals surface area contributed by atoms with Crippen molar-refractivity contribution in [3.63, 3.8) is 0 Å². The van der Waals surface area contributed by atoms with E-state index in [0.29, 0.717) is 11.8 Å². The van der Waals surface area contributed by atoms with Crippen LogP contribution >= 0.6 is 0 Å². The highest BCUT2D eigenvalue weighted by Crippen LogP contribution is 2.48. The van der Waals surface area contributed by atoms with Crippen LogP contribution in [0.5, 0.6) is 0 Å². The Bertz CT molecular complexity index is 576. The van der Waals surface area contributed by atoms with E-state index in [0.717, 1.165) is 24.8 Å². The molecule has 3 rings (SSSR count). The van der Waals surface area contributed by atoms with E-state index in [9.17, 15) is 13.5 Å². The molecule has 2 bridgehead atoms. The van der Waals surface area contributed by atoms with Gasteiger partial charge in [-0.15, -0.1) is 0 Å². The molecule has 1 aromatic rings. The molecule has 5 heteroatoms. The van der Waals surface area contributed by atoms with Gasteiger partial charge in [-0.25, -0.2) is 0 Å². The summed E-state index contributed by atoms with van der Waals surface area (Å²) in [6.07, 6.45) is 2.76. The molecule has 0 unspecified atom stereocenters. The standard InChI is InChI=1S/C15H20O4S/c1-10-2-6-13(7-3-10)20(17,18)19-9-14-11-4-5-12(8-11)15(14)16/h2-3,6-7,11-12,14-16H,4-5,8-9H2,1H3/t11-,12-,14-,15-/m1/s1. The first-order valence-electron chi connectivity index (χ1n) is 7.11. The number of hydrogen-bond donors (Lipinski definition) is 1. The van der Waals surface area contributed by atoms with E-state index in [1.807, 2.05) is 6.92 Å². The zero-order valence-electron chi connectivity index (χ0n) is 11.5. The predicted octanol–water partition coefficient (Wildman–Crippen LogP) is 2.11. The quantitative estimate of drug-likeness (QED) is 0.864. The van der Waals surface area contributed by atoms with E-state index in [-0.39, 0.29) is 17.4 Å². The summed E-state index contributed by atoms with van der Waals surface area (Å²) in [5, 5.41) is 10.1. The summed E-state index contributed by atoms with van der Waals surface area (Å²) in [6.45, 7) is 2.00. The van der Waals surface area contributed by atoms with Gasteiger partial charge < -0.3 is 5.11 Å². The van der Waals surface area contributed by atoms with E-state index >= 15 is 0 Å². The topological polar surface area (TPSA) is 63.6 Å². The number of aryl methyl sites for hydroxylation is 1. The van der Waals surface area contributed by atoms with Crippen molar-refractivity contribution in [3.05, 3.63) is 29.8 Å². The first-order valence-corrected chi connectivity index (χ1v) is 8.52. The van der Waals surface area contributed by atoms with Crippen LogP contribution in [0.25, 0.3) is 0 Å². The van der Waals surface area contributed by atoms with Crippen molar-refractivity contribution >= 4 is 10.1 Å². The molecule has 110 valence electrons. The molecule has 1 N–H and O–H groups in total. The smallest absolute Gasteiger partial charge is 0.296 e. The van der Waals surface area contributed by atoms with E-state index in [1.54, 1.807) is 24.3 Å². The predicted molar refractivity (Wildman–Crippen MR) is 74.6 cm³/mol. The molecular weight excluding hydrogens is 276 g/mol. The van der Waals surface area contributed by atoms with Crippen LogP contribution in [0.4, 0.5) is 0 Å². The second-order valence-electron chi connectivity index (χ2n) is 6.04. The fraction of sp³-hybridized carbons (Fsp3) is 0.600. The van der Waals surface area contributed by atoms with Gasteiger partial charge >= 0.3 is 0 Å². The molecular formula is C15H20O4S. The van der Waals surface area contributed by atoms with Gasteiger partial charge in [-0.3, -0.25) is 4.18 Å². The van der Waals surface area contributed by atoms with Gasteiger partial charge in [0.2, 0.25) is 0 Å². The lowest BCUT2D eigenvalue weighted by Gasteiger charge is -2.26. The number of rotatable bonds is 4. The highest BCUT2D eigenvalue weighted by molar-refractivity contribution is 7.86. The largest absolute Gasteiger partial charge is 0.392 e. The van der Waals surface area contributed by atoms with Gasteiger partial charge in [-0.2, -0.15) is 8.42 Å². The fourth-order valence-corrected chi connectivity index (χ4v) is 4.50. The second-order valence-corrected chi connectivity index (χ2v) is 7.65. The van der Waals surface area contributed by atoms with Gasteiger partial charge in [0, 0.05) is 5.92 Å². The summed E-state index contributed by atoms with van der Waals surface area (Å²) in [4.78, 5) is 0.181. The van der Waals surface area contributed by atoms with Crippen molar-refractivity contribution in [2.45, 2.75) is 37.2 Å². The molecule has 0 aliphatic heterocycles. The molecule has 4 nitrogen and oxygen atoms in total. The lowest BCUT2D eigenvalue weighted by atomic mass is 9.87. The average molecular weight is 296 g/mol. The first-order chi connectivity index (χ1) is 9.47. The molecule has 2 saturated carbocycles. The fourth-order valence-electron chi connectivity index (χ4n) is 3.56. The minimum absolute atomic E-state index is 0.0334. The Morgan fingerprint density at radius 2 is 1.85 bits per heavy atom. The van der Waals surface area contributed by atoms with Crippen LogP contribution in [0.3, 0.4) is 0 Å². The molecule has 0 saturated heterocycles. The molecule has 4 atom stereocenters. The Morgan fingerprint density at radius 1 is 1.20 bits per heavy atom. The van der Waals surface area contributed by atoms with Crippen molar-refractivity contribution in [3.8, 4) is 0 Å². The minimum atomic E-state index is -3.72. The normalized spacial score (nSPS) is 32.7. The molecule has 2 aliphatic rings. The van der Waals surface area contributed by atoms with Gasteiger partial charge in [-0.05, 0) is 50.2 Å². The lowest BCUT2D eigenvalue weighted by Crippen LogP contribution is -2.31. The van der Waals surface area contributed by atoms with Crippen LogP contribution in [0.15, 0.2) is 29.2 Å². The summed E-state index contributed by atoms with van der Waals surface area (Å²) in [6, 6.07) is 6.62. The molecule has 0 amide bonds. The monoisotopic (exact) mass is 296 g/mol. The molecule has 0 spiro atoms. The minimum Gasteiger partial charge on any atom is -0.392 e. The van der Waals surface area contributed by atoms with Gasteiger partial charge in [0.05, 0.1) is 17.6 Å². The van der Waals surface area contributed by atoms with Crippen molar-refractivity contribution in [1.29, 1.82) is 0 Å². The van der Waals surface area contributed by atoms with Crippen molar-refractivity contribution in [2.24, 2.45) is 17.8 Å². The molecule has 0 heterocycles. The van der Waals surface area contributed by atoms with Crippen LogP contribution in [0.1, 0.15) is 24.8 Å². The average Bonchev–Trinajstić information content (AvgIpc) is 2.98. The Hall–Kier alpha value is -0.910. The van der Waals surface area contributed by atoms with Crippen molar-refractivity contribution in [2.75, 3.05) is 6.61 Å². The van der Waals surface area contributed by atoms with Crippen molar-refractivity contribution in [1.82, 2.24) is 0 Å². The van der Waals surface area contributed by atoms with Crippen LogP contribution in [-0.4, -0.2) is 26.2 Å². The summed E-state index contributed by atoms with van der Waals surface area (Å²) >= 11 is 0. The van der Waals surface area contributed by atoms with Crippen molar-refractivity contribution < 1.29 is 17.7 Å². The summed E-state index contributed by atoms with van der Waals surface area (Å²) in [5.41, 5.74) is 1.01. The number of aliphatic hydroxyl groups excluding tert-OH is 1. The zero-order chi connectivity index (χ0) is 14.3. The number of hydrogen-bond acceptors (Lipinski definition) is 4. The lowest BCUT2D eigenvalue weighted by molar-refractivity contribution is 0.0350. The summed E-state index contributed by atoms with van der Waals surface area (Å²) in [7, 11) is -3.72. The Balaban J connectivity index is 1.67. The van der Waals surface area contributed by atoms with Gasteiger partial charge in [0.1, 0.15) is 0 Å². The molecule has 2 fully saturated rings. The Morgan fingerprint density at radius 3 is 2.45 bits per heavy atom. The van der Waals surface area contributed by atoms with Gasteiger partial charge in [0.25, 0.3) is 10.1 Å². The summed E-state index contributed by atoms with van der Waals surface area (Å²) in [5.74, 6) is 0.730. The maximum atomic E-state index is 12.1. The Kier molecular flexibility index (Phi) is 3.60. The SMILES string of the molecule is Cc1ccc(S(=O)(=O)OC[C@@H]2[C@@H]3CC[C@H](C3)[C@H]2O)cc1. The molecule has 20 heavy (non-hydrogen) atoms. The second kappa shape index (κ2) is 5.13. The van der Waals surface area contributed by atoms with E-state index < -0.39 is 16.2 Å². The molecule has 1 aromatic carbocycles. The van der Waals surface area contributed by atoms with Crippen LogP contribution in [-0.2, 0) is 14.3 Å². The van der Waals surface area contributed by atoms with Crippen LogP contribution in [0.2, 0.25) is 0 Å². The van der Waals surface area contributed by atoms with Crippen LogP contribution in [0, 0.1) is 24.7 Å². The maximum absolute atomic E-state index is 12.1. The van der Waals surface area contributed by atoms with E-state index in [4.69, 9.17) is 4.18 Å². The van der Waals surface area contributed by atoms with Gasteiger partial charge in [0.15, 0.2) is 0 Å². The third kappa shape index (κ3) is 2.50. The van der Waals surface area contributed by atoms with E-state index in [1.165, 1.54) is 0 Å². The summed E-state index contributed by atoms with van der Waals surface area (Å²) < 4.78 is 29.4.